The Morgan fingerprint density at radius 1 is 1.32 bits per heavy atom. The van der Waals surface area contributed by atoms with Gasteiger partial charge in [-0.1, -0.05) is 13.0 Å². The standard InChI is InChI=1S/C20H33N3O3S.ClH/c1-14(16-8-7-11-21-13-16)12-19(24)22-17-9-6-10-18(15(17)2)27(25,26)23-20(3,4)5;/h6,9-10,14,16,21,23H,7-8,11-13H2,1-5H3,(H,22,24);1H. The highest BCUT2D eigenvalue weighted by Gasteiger charge is 2.25. The first-order valence-corrected chi connectivity index (χ1v) is 11.1. The molecule has 0 spiro atoms. The van der Waals surface area contributed by atoms with Gasteiger partial charge in [0.25, 0.3) is 0 Å². The van der Waals surface area contributed by atoms with Crippen molar-refractivity contribution in [2.24, 2.45) is 11.8 Å². The molecule has 8 heteroatoms. The number of rotatable bonds is 6. The van der Waals surface area contributed by atoms with Crippen LogP contribution in [0, 0.1) is 18.8 Å². The quantitative estimate of drug-likeness (QED) is 0.643. The summed E-state index contributed by atoms with van der Waals surface area (Å²) in [5.41, 5.74) is 0.522. The number of halogens is 1. The van der Waals surface area contributed by atoms with Crippen LogP contribution >= 0.6 is 12.4 Å². The molecule has 1 amide bonds. The molecule has 160 valence electrons. The molecule has 1 fully saturated rings. The monoisotopic (exact) mass is 431 g/mol. The van der Waals surface area contributed by atoms with Crippen LogP contribution < -0.4 is 15.4 Å². The molecule has 0 aliphatic carbocycles. The molecule has 1 aliphatic heterocycles. The van der Waals surface area contributed by atoms with Crippen molar-refractivity contribution in [3.63, 3.8) is 0 Å². The van der Waals surface area contributed by atoms with Gasteiger partial charge in [-0.2, -0.15) is 0 Å². The number of carbonyl (C=O) groups is 1. The summed E-state index contributed by atoms with van der Waals surface area (Å²) in [4.78, 5) is 12.7. The number of anilines is 1. The molecule has 0 aromatic heterocycles. The van der Waals surface area contributed by atoms with Gasteiger partial charge in [-0.3, -0.25) is 4.79 Å². The lowest BCUT2D eigenvalue weighted by Gasteiger charge is -2.28. The van der Waals surface area contributed by atoms with Gasteiger partial charge in [0.15, 0.2) is 0 Å². The van der Waals surface area contributed by atoms with Crippen LogP contribution in [0.15, 0.2) is 23.1 Å². The van der Waals surface area contributed by atoms with E-state index in [4.69, 9.17) is 0 Å². The molecular formula is C20H34ClN3O3S. The summed E-state index contributed by atoms with van der Waals surface area (Å²) in [6.45, 7) is 11.2. The van der Waals surface area contributed by atoms with E-state index in [0.717, 1.165) is 25.9 Å². The largest absolute Gasteiger partial charge is 0.326 e. The smallest absolute Gasteiger partial charge is 0.241 e. The predicted molar refractivity (Wildman–Crippen MR) is 117 cm³/mol. The van der Waals surface area contributed by atoms with E-state index in [0.29, 0.717) is 23.6 Å². The summed E-state index contributed by atoms with van der Waals surface area (Å²) in [5, 5.41) is 6.29. The minimum absolute atomic E-state index is 0. The van der Waals surface area contributed by atoms with Crippen molar-refractivity contribution >= 4 is 34.0 Å². The molecular weight excluding hydrogens is 398 g/mol. The van der Waals surface area contributed by atoms with Crippen LogP contribution in [0.25, 0.3) is 0 Å². The number of hydrogen-bond acceptors (Lipinski definition) is 4. The molecule has 28 heavy (non-hydrogen) atoms. The molecule has 1 saturated heterocycles. The molecule has 0 bridgehead atoms. The van der Waals surface area contributed by atoms with Crippen molar-refractivity contribution in [3.8, 4) is 0 Å². The average Bonchev–Trinajstić information content (AvgIpc) is 2.55. The number of sulfonamides is 1. The average molecular weight is 432 g/mol. The SMILES string of the molecule is Cc1c(NC(=O)CC(C)C2CCCNC2)cccc1S(=O)(=O)NC(C)(C)C.Cl. The second-order valence-electron chi connectivity index (χ2n) is 8.62. The summed E-state index contributed by atoms with van der Waals surface area (Å²) < 4.78 is 28.0. The van der Waals surface area contributed by atoms with Crippen LogP contribution in [-0.2, 0) is 14.8 Å². The fraction of sp³-hybridized carbons (Fsp3) is 0.650. The van der Waals surface area contributed by atoms with Crippen molar-refractivity contribution < 1.29 is 13.2 Å². The van der Waals surface area contributed by atoms with Crippen LogP contribution in [-0.4, -0.2) is 33.0 Å². The van der Waals surface area contributed by atoms with Gasteiger partial charge in [0.05, 0.1) is 4.90 Å². The first-order valence-electron chi connectivity index (χ1n) is 9.64. The topological polar surface area (TPSA) is 87.3 Å². The van der Waals surface area contributed by atoms with E-state index in [1.807, 2.05) is 0 Å². The summed E-state index contributed by atoms with van der Waals surface area (Å²) in [5.74, 6) is 0.718. The minimum Gasteiger partial charge on any atom is -0.326 e. The molecule has 2 rings (SSSR count). The Bertz CT molecular complexity index is 769. The second-order valence-corrected chi connectivity index (χ2v) is 10.3. The van der Waals surface area contributed by atoms with E-state index in [-0.39, 0.29) is 29.1 Å². The van der Waals surface area contributed by atoms with Crippen LogP contribution in [0.5, 0.6) is 0 Å². The maximum Gasteiger partial charge on any atom is 0.241 e. The third kappa shape index (κ3) is 7.03. The number of hydrogen-bond donors (Lipinski definition) is 3. The normalized spacial score (nSPS) is 18.8. The third-order valence-electron chi connectivity index (χ3n) is 4.94. The number of nitrogens with one attached hydrogen (secondary N) is 3. The van der Waals surface area contributed by atoms with E-state index in [2.05, 4.69) is 22.3 Å². The van der Waals surface area contributed by atoms with E-state index in [1.165, 1.54) is 0 Å². The van der Waals surface area contributed by atoms with E-state index < -0.39 is 15.6 Å². The summed E-state index contributed by atoms with van der Waals surface area (Å²) in [6, 6.07) is 4.97. The van der Waals surface area contributed by atoms with Crippen molar-refractivity contribution in [2.75, 3.05) is 18.4 Å². The third-order valence-corrected chi connectivity index (χ3v) is 6.84. The molecule has 2 unspecified atom stereocenters. The fourth-order valence-corrected chi connectivity index (χ4v) is 5.21. The summed E-state index contributed by atoms with van der Waals surface area (Å²) >= 11 is 0. The molecule has 1 heterocycles. The highest BCUT2D eigenvalue weighted by Crippen LogP contribution is 2.26. The Balaban J connectivity index is 0.00000392. The molecule has 1 aliphatic rings. The molecule has 2 atom stereocenters. The van der Waals surface area contributed by atoms with Crippen LogP contribution in [0.3, 0.4) is 0 Å². The zero-order chi connectivity index (χ0) is 20.2. The highest BCUT2D eigenvalue weighted by molar-refractivity contribution is 7.89. The Kier molecular flexibility index (Phi) is 8.93. The van der Waals surface area contributed by atoms with Gasteiger partial charge in [-0.25, -0.2) is 13.1 Å². The Hall–Kier alpha value is -1.15. The van der Waals surface area contributed by atoms with Crippen LogP contribution in [0.1, 0.15) is 52.5 Å². The van der Waals surface area contributed by atoms with Crippen LogP contribution in [0.2, 0.25) is 0 Å². The van der Waals surface area contributed by atoms with Crippen molar-refractivity contribution in [2.45, 2.75) is 64.3 Å². The van der Waals surface area contributed by atoms with Gasteiger partial charge >= 0.3 is 0 Å². The van der Waals surface area contributed by atoms with Gasteiger partial charge in [-0.05, 0) is 83.2 Å². The fourth-order valence-electron chi connectivity index (χ4n) is 3.52. The lowest BCUT2D eigenvalue weighted by atomic mass is 9.85. The lowest BCUT2D eigenvalue weighted by Crippen LogP contribution is -2.40. The molecule has 0 radical (unpaired) electrons. The number of piperidine rings is 1. The second kappa shape index (κ2) is 10.1. The van der Waals surface area contributed by atoms with Crippen molar-refractivity contribution in [3.05, 3.63) is 23.8 Å². The van der Waals surface area contributed by atoms with E-state index in [9.17, 15) is 13.2 Å². The van der Waals surface area contributed by atoms with Gasteiger partial charge in [0.1, 0.15) is 0 Å². The molecule has 3 N–H and O–H groups in total. The zero-order valence-electron chi connectivity index (χ0n) is 17.5. The van der Waals surface area contributed by atoms with Gasteiger partial charge in [0.2, 0.25) is 15.9 Å². The van der Waals surface area contributed by atoms with Crippen molar-refractivity contribution in [1.29, 1.82) is 0 Å². The van der Waals surface area contributed by atoms with E-state index in [1.54, 1.807) is 45.9 Å². The predicted octanol–water partition coefficient (Wildman–Crippen LogP) is 3.46. The van der Waals surface area contributed by atoms with Crippen LogP contribution in [0.4, 0.5) is 5.69 Å². The molecule has 6 nitrogen and oxygen atoms in total. The van der Waals surface area contributed by atoms with Gasteiger partial charge in [0, 0.05) is 17.6 Å². The van der Waals surface area contributed by atoms with E-state index >= 15 is 0 Å². The summed E-state index contributed by atoms with van der Waals surface area (Å²) in [6.07, 6.45) is 2.73. The Labute approximate surface area is 175 Å². The van der Waals surface area contributed by atoms with Gasteiger partial charge in [-0.15, -0.1) is 12.4 Å². The van der Waals surface area contributed by atoms with Crippen molar-refractivity contribution in [1.82, 2.24) is 10.0 Å². The Morgan fingerprint density at radius 3 is 2.57 bits per heavy atom. The highest BCUT2D eigenvalue weighted by atomic mass is 35.5. The maximum absolute atomic E-state index is 12.7. The van der Waals surface area contributed by atoms with Gasteiger partial charge < -0.3 is 10.6 Å². The number of amides is 1. The molecule has 0 saturated carbocycles. The molecule has 1 aromatic carbocycles. The maximum atomic E-state index is 12.7. The minimum atomic E-state index is -3.66. The number of benzene rings is 1. The zero-order valence-corrected chi connectivity index (χ0v) is 19.1. The lowest BCUT2D eigenvalue weighted by molar-refractivity contribution is -0.117. The summed E-state index contributed by atoms with van der Waals surface area (Å²) in [7, 11) is -3.66. The number of carbonyl (C=O) groups excluding carboxylic acids is 1. The molecule has 1 aromatic rings. The Morgan fingerprint density at radius 2 is 2.00 bits per heavy atom. The first kappa shape index (κ1) is 24.9. The first-order chi connectivity index (χ1) is 12.5.